The molecule has 8 heteroatoms. The van der Waals surface area contributed by atoms with E-state index in [2.05, 4.69) is 5.32 Å². The number of carbonyl (C=O) groups is 3. The zero-order valence-electron chi connectivity index (χ0n) is 17.1. The highest BCUT2D eigenvalue weighted by atomic mass is 16.6. The Balaban J connectivity index is 1.66. The molecular weight excluding hydrogens is 410 g/mol. The number of anilines is 1. The van der Waals surface area contributed by atoms with Gasteiger partial charge < -0.3 is 5.32 Å². The van der Waals surface area contributed by atoms with Gasteiger partial charge in [-0.1, -0.05) is 42.0 Å². The molecular formula is C24H19N3O5. The van der Waals surface area contributed by atoms with Gasteiger partial charge in [-0.15, -0.1) is 0 Å². The number of nitrogens with one attached hydrogen (secondary N) is 1. The van der Waals surface area contributed by atoms with Crippen LogP contribution < -0.4 is 5.32 Å². The molecule has 0 aliphatic carbocycles. The van der Waals surface area contributed by atoms with Gasteiger partial charge in [0.15, 0.2) is 0 Å². The number of aryl methyl sites for hydroxylation is 1. The van der Waals surface area contributed by atoms with E-state index in [0.717, 1.165) is 16.0 Å². The van der Waals surface area contributed by atoms with Gasteiger partial charge in [0.2, 0.25) is 5.91 Å². The summed E-state index contributed by atoms with van der Waals surface area (Å²) >= 11 is 0. The van der Waals surface area contributed by atoms with Gasteiger partial charge in [0.25, 0.3) is 17.5 Å². The van der Waals surface area contributed by atoms with Crippen LogP contribution in [0.1, 0.15) is 31.8 Å². The number of carbonyl (C=O) groups excluding carboxylic acids is 3. The lowest BCUT2D eigenvalue weighted by Gasteiger charge is -2.25. The van der Waals surface area contributed by atoms with Crippen LogP contribution in [0.5, 0.6) is 0 Å². The lowest BCUT2D eigenvalue weighted by atomic mass is 10.0. The molecule has 1 unspecified atom stereocenters. The highest BCUT2D eigenvalue weighted by Gasteiger charge is 2.42. The summed E-state index contributed by atoms with van der Waals surface area (Å²) in [5, 5.41) is 13.5. The highest BCUT2D eigenvalue weighted by Crippen LogP contribution is 2.27. The van der Waals surface area contributed by atoms with Crippen molar-refractivity contribution in [1.29, 1.82) is 0 Å². The van der Waals surface area contributed by atoms with Crippen molar-refractivity contribution >= 4 is 29.1 Å². The molecule has 8 nitrogen and oxygen atoms in total. The predicted octanol–water partition coefficient (Wildman–Crippen LogP) is 3.75. The average molecular weight is 429 g/mol. The fourth-order valence-corrected chi connectivity index (χ4v) is 3.75. The van der Waals surface area contributed by atoms with Gasteiger partial charge in [-0.2, -0.15) is 0 Å². The number of benzene rings is 3. The van der Waals surface area contributed by atoms with Crippen LogP contribution >= 0.6 is 0 Å². The summed E-state index contributed by atoms with van der Waals surface area (Å²) in [6.07, 6.45) is 0.131. The number of nitro groups is 1. The smallest absolute Gasteiger partial charge is 0.269 e. The zero-order valence-corrected chi connectivity index (χ0v) is 17.1. The van der Waals surface area contributed by atoms with E-state index in [-0.39, 0.29) is 23.2 Å². The van der Waals surface area contributed by atoms with E-state index in [1.165, 1.54) is 24.3 Å². The van der Waals surface area contributed by atoms with Crippen LogP contribution in [0.3, 0.4) is 0 Å². The Morgan fingerprint density at radius 3 is 2.16 bits per heavy atom. The van der Waals surface area contributed by atoms with Gasteiger partial charge in [0.1, 0.15) is 6.04 Å². The van der Waals surface area contributed by atoms with E-state index >= 15 is 0 Å². The number of hydrogen-bond acceptors (Lipinski definition) is 5. The average Bonchev–Trinajstić information content (AvgIpc) is 3.03. The number of nitrogens with zero attached hydrogens (tertiary/aromatic N) is 2. The summed E-state index contributed by atoms with van der Waals surface area (Å²) in [5.41, 5.74) is 2.51. The SMILES string of the molecule is Cc1cccc(CC(C(=O)Nc2ccc([N+](=O)[O-])cc2)N2C(=O)c3ccccc3C2=O)c1. The van der Waals surface area contributed by atoms with Crippen LogP contribution in [0.2, 0.25) is 0 Å². The zero-order chi connectivity index (χ0) is 22.8. The van der Waals surface area contributed by atoms with Crippen LogP contribution in [-0.4, -0.2) is 33.6 Å². The molecule has 1 N–H and O–H groups in total. The Morgan fingerprint density at radius 1 is 0.969 bits per heavy atom. The number of nitro benzene ring substituents is 1. The quantitative estimate of drug-likeness (QED) is 0.365. The second-order valence-corrected chi connectivity index (χ2v) is 7.53. The van der Waals surface area contributed by atoms with Gasteiger partial charge >= 0.3 is 0 Å². The van der Waals surface area contributed by atoms with Gasteiger partial charge in [-0.25, -0.2) is 0 Å². The highest BCUT2D eigenvalue weighted by molar-refractivity contribution is 6.23. The van der Waals surface area contributed by atoms with Crippen molar-refractivity contribution in [3.63, 3.8) is 0 Å². The Morgan fingerprint density at radius 2 is 1.59 bits per heavy atom. The molecule has 1 atom stereocenters. The Labute approximate surface area is 183 Å². The third-order valence-corrected chi connectivity index (χ3v) is 5.30. The lowest BCUT2D eigenvalue weighted by Crippen LogP contribution is -2.48. The first-order valence-electron chi connectivity index (χ1n) is 9.93. The molecule has 3 aromatic rings. The summed E-state index contributed by atoms with van der Waals surface area (Å²) in [7, 11) is 0. The number of rotatable bonds is 6. The molecule has 0 aromatic heterocycles. The van der Waals surface area contributed by atoms with E-state index in [9.17, 15) is 24.5 Å². The Hall–Kier alpha value is -4.33. The summed E-state index contributed by atoms with van der Waals surface area (Å²) in [5.74, 6) is -1.61. The molecule has 4 rings (SSSR count). The Kier molecular flexibility index (Phi) is 5.51. The maximum absolute atomic E-state index is 13.3. The molecule has 0 spiro atoms. The first kappa shape index (κ1) is 20.9. The molecule has 1 aliphatic heterocycles. The van der Waals surface area contributed by atoms with E-state index < -0.39 is 28.7 Å². The molecule has 1 heterocycles. The minimum absolute atomic E-state index is 0.111. The molecule has 0 saturated heterocycles. The van der Waals surface area contributed by atoms with Gasteiger partial charge in [0.05, 0.1) is 16.1 Å². The number of imide groups is 1. The number of hydrogen-bond donors (Lipinski definition) is 1. The molecule has 0 radical (unpaired) electrons. The third-order valence-electron chi connectivity index (χ3n) is 5.30. The van der Waals surface area contributed by atoms with Crippen molar-refractivity contribution in [2.45, 2.75) is 19.4 Å². The summed E-state index contributed by atoms with van der Waals surface area (Å²) in [4.78, 5) is 50.6. The first-order valence-corrected chi connectivity index (χ1v) is 9.93. The van der Waals surface area contributed by atoms with E-state index in [4.69, 9.17) is 0 Å². The Bertz CT molecular complexity index is 1200. The van der Waals surface area contributed by atoms with E-state index in [1.54, 1.807) is 24.3 Å². The molecule has 160 valence electrons. The maximum Gasteiger partial charge on any atom is 0.269 e. The van der Waals surface area contributed by atoms with Crippen LogP contribution in [-0.2, 0) is 11.2 Å². The fourth-order valence-electron chi connectivity index (χ4n) is 3.75. The summed E-state index contributed by atoms with van der Waals surface area (Å²) in [6.45, 7) is 1.91. The topological polar surface area (TPSA) is 110 Å². The van der Waals surface area contributed by atoms with Gasteiger partial charge in [0, 0.05) is 24.2 Å². The largest absolute Gasteiger partial charge is 0.324 e. The van der Waals surface area contributed by atoms with Crippen molar-refractivity contribution in [2.24, 2.45) is 0 Å². The molecule has 0 fully saturated rings. The minimum Gasteiger partial charge on any atom is -0.324 e. The van der Waals surface area contributed by atoms with E-state index in [1.807, 2.05) is 31.2 Å². The van der Waals surface area contributed by atoms with Crippen LogP contribution in [0.15, 0.2) is 72.8 Å². The van der Waals surface area contributed by atoms with Gasteiger partial charge in [-0.3, -0.25) is 29.4 Å². The maximum atomic E-state index is 13.3. The van der Waals surface area contributed by atoms with Crippen molar-refractivity contribution in [3.05, 3.63) is 105 Å². The molecule has 1 aliphatic rings. The standard InChI is InChI=1S/C24H19N3O5/c1-15-5-4-6-16(13-15)14-21(22(28)25-17-9-11-18(12-10-17)27(31)32)26-23(29)19-7-2-3-8-20(19)24(26)30/h2-13,21H,14H2,1H3,(H,25,28). The van der Waals surface area contributed by atoms with Crippen molar-refractivity contribution in [3.8, 4) is 0 Å². The molecule has 0 bridgehead atoms. The summed E-state index contributed by atoms with van der Waals surface area (Å²) in [6, 6.07) is 18.2. The van der Waals surface area contributed by atoms with Crippen LogP contribution in [0.25, 0.3) is 0 Å². The van der Waals surface area contributed by atoms with Crippen molar-refractivity contribution in [2.75, 3.05) is 5.32 Å². The lowest BCUT2D eigenvalue weighted by molar-refractivity contribution is -0.384. The number of amides is 3. The monoisotopic (exact) mass is 429 g/mol. The molecule has 3 amide bonds. The number of non-ortho nitro benzene ring substituents is 1. The van der Waals surface area contributed by atoms with Gasteiger partial charge in [-0.05, 0) is 36.8 Å². The van der Waals surface area contributed by atoms with Crippen molar-refractivity contribution in [1.82, 2.24) is 4.90 Å². The minimum atomic E-state index is -1.10. The molecule has 32 heavy (non-hydrogen) atoms. The first-order chi connectivity index (χ1) is 15.3. The van der Waals surface area contributed by atoms with Crippen LogP contribution in [0.4, 0.5) is 11.4 Å². The number of fused-ring (bicyclic) bond motifs is 1. The second-order valence-electron chi connectivity index (χ2n) is 7.53. The normalized spacial score (nSPS) is 13.6. The summed E-state index contributed by atoms with van der Waals surface area (Å²) < 4.78 is 0. The molecule has 0 saturated carbocycles. The van der Waals surface area contributed by atoms with Crippen LogP contribution in [0, 0.1) is 17.0 Å². The fraction of sp³-hybridized carbons (Fsp3) is 0.125. The molecule has 3 aromatic carbocycles. The second kappa shape index (κ2) is 8.43. The van der Waals surface area contributed by atoms with Crippen molar-refractivity contribution < 1.29 is 19.3 Å². The third kappa shape index (κ3) is 3.98. The van der Waals surface area contributed by atoms with E-state index in [0.29, 0.717) is 5.69 Å². The predicted molar refractivity (Wildman–Crippen MR) is 117 cm³/mol.